The van der Waals surface area contributed by atoms with Crippen LogP contribution in [0, 0.1) is 5.82 Å². The van der Waals surface area contributed by atoms with Gasteiger partial charge >= 0.3 is 6.18 Å². The maximum absolute atomic E-state index is 13.5. The van der Waals surface area contributed by atoms with E-state index in [1.54, 1.807) is 0 Å². The van der Waals surface area contributed by atoms with Gasteiger partial charge in [-0.05, 0) is 54.2 Å². The number of rotatable bonds is 8. The van der Waals surface area contributed by atoms with Gasteiger partial charge in [0.1, 0.15) is 28.7 Å². The summed E-state index contributed by atoms with van der Waals surface area (Å²) in [5.41, 5.74) is 1.06. The lowest BCUT2D eigenvalue weighted by Gasteiger charge is -2.15. The van der Waals surface area contributed by atoms with Crippen molar-refractivity contribution in [1.82, 2.24) is 10.6 Å². The van der Waals surface area contributed by atoms with E-state index in [2.05, 4.69) is 17.2 Å². The van der Waals surface area contributed by atoms with Crippen LogP contribution in [0.1, 0.15) is 20.7 Å². The summed E-state index contributed by atoms with van der Waals surface area (Å²) in [6.07, 6.45) is -3.46. The summed E-state index contributed by atoms with van der Waals surface area (Å²) in [6, 6.07) is 12.3. The van der Waals surface area contributed by atoms with Crippen molar-refractivity contribution in [2.75, 3.05) is 20.8 Å². The monoisotopic (exact) mass is 542 g/mol. The van der Waals surface area contributed by atoms with Crippen LogP contribution < -0.4 is 20.1 Å². The molecule has 0 radical (unpaired) electrons. The second-order valence-electron chi connectivity index (χ2n) is 8.23. The Bertz CT molecular complexity index is 1560. The first-order chi connectivity index (χ1) is 18.6. The van der Waals surface area contributed by atoms with Gasteiger partial charge in [-0.1, -0.05) is 12.6 Å². The minimum atomic E-state index is -4.64. The van der Waals surface area contributed by atoms with Crippen LogP contribution in [0.25, 0.3) is 33.4 Å². The Balaban J connectivity index is 1.99. The zero-order valence-electron chi connectivity index (χ0n) is 20.7. The average Bonchev–Trinajstić information content (AvgIpc) is 3.29. The van der Waals surface area contributed by atoms with Gasteiger partial charge in [0.2, 0.25) is 0 Å². The summed E-state index contributed by atoms with van der Waals surface area (Å²) in [7, 11) is 2.77. The van der Waals surface area contributed by atoms with Gasteiger partial charge in [0.05, 0.1) is 18.2 Å². The average molecular weight is 542 g/mol. The van der Waals surface area contributed by atoms with Crippen molar-refractivity contribution in [2.24, 2.45) is 0 Å². The topological polar surface area (TPSA) is 89.8 Å². The first kappa shape index (κ1) is 27.2. The largest absolute Gasteiger partial charge is 0.496 e. The summed E-state index contributed by atoms with van der Waals surface area (Å²) in [6.45, 7) is 1.86. The Labute approximate surface area is 220 Å². The number of nitrogens with one attached hydrogen (secondary N) is 2. The van der Waals surface area contributed by atoms with Gasteiger partial charge in [-0.15, -0.1) is 0 Å². The zero-order chi connectivity index (χ0) is 28.3. The second-order valence-corrected chi connectivity index (χ2v) is 8.23. The second kappa shape index (κ2) is 10.9. The quantitative estimate of drug-likeness (QED) is 0.263. The number of halogens is 4. The third-order valence-electron chi connectivity index (χ3n) is 5.73. The van der Waals surface area contributed by atoms with E-state index < -0.39 is 30.4 Å². The molecule has 1 aromatic heterocycles. The summed E-state index contributed by atoms with van der Waals surface area (Å²) in [5, 5.41) is 5.21. The smallest absolute Gasteiger partial charge is 0.422 e. The molecule has 202 valence electrons. The summed E-state index contributed by atoms with van der Waals surface area (Å²) in [5.74, 6) is -1.51. The maximum atomic E-state index is 13.5. The summed E-state index contributed by atoms with van der Waals surface area (Å²) < 4.78 is 69.2. The molecule has 39 heavy (non-hydrogen) atoms. The molecule has 0 saturated heterocycles. The van der Waals surface area contributed by atoms with Crippen molar-refractivity contribution in [1.29, 1.82) is 0 Å². The SMILES string of the molecule is C=CNC(=O)c1cc(-c2cc3c(C(=O)NC)c(-c4ccc(F)cc4)oc3cc2OCC(F)(F)F)ccc1OC. The molecule has 1 heterocycles. The molecule has 11 heteroatoms. The van der Waals surface area contributed by atoms with Crippen LogP contribution in [-0.2, 0) is 0 Å². The molecule has 0 aliphatic rings. The minimum absolute atomic E-state index is 0.0620. The van der Waals surface area contributed by atoms with E-state index in [9.17, 15) is 27.2 Å². The predicted octanol–water partition coefficient (Wildman–Crippen LogP) is 6.09. The molecule has 0 aliphatic heterocycles. The molecule has 0 saturated carbocycles. The van der Waals surface area contributed by atoms with E-state index >= 15 is 0 Å². The number of alkyl halides is 3. The van der Waals surface area contributed by atoms with Gasteiger partial charge in [0.15, 0.2) is 6.61 Å². The highest BCUT2D eigenvalue weighted by Gasteiger charge is 2.30. The van der Waals surface area contributed by atoms with Crippen molar-refractivity contribution < 1.29 is 41.0 Å². The van der Waals surface area contributed by atoms with Gasteiger partial charge in [0.25, 0.3) is 11.8 Å². The lowest BCUT2D eigenvalue weighted by molar-refractivity contribution is -0.153. The van der Waals surface area contributed by atoms with Crippen molar-refractivity contribution in [3.05, 3.63) is 84.3 Å². The van der Waals surface area contributed by atoms with Crippen molar-refractivity contribution in [2.45, 2.75) is 6.18 Å². The molecule has 0 bridgehead atoms. The van der Waals surface area contributed by atoms with E-state index in [1.165, 1.54) is 75.0 Å². The molecule has 2 N–H and O–H groups in total. The zero-order valence-corrected chi connectivity index (χ0v) is 20.7. The number of ether oxygens (including phenoxy) is 2. The number of benzene rings is 3. The summed E-state index contributed by atoms with van der Waals surface area (Å²) in [4.78, 5) is 25.5. The number of hydrogen-bond donors (Lipinski definition) is 2. The lowest BCUT2D eigenvalue weighted by Crippen LogP contribution is -2.20. The van der Waals surface area contributed by atoms with Gasteiger partial charge in [-0.3, -0.25) is 9.59 Å². The van der Waals surface area contributed by atoms with E-state index in [-0.39, 0.29) is 44.9 Å². The Kier molecular flexibility index (Phi) is 7.61. The first-order valence-electron chi connectivity index (χ1n) is 11.4. The van der Waals surface area contributed by atoms with Crippen LogP contribution in [0.5, 0.6) is 11.5 Å². The number of furan rings is 1. The molecule has 4 aromatic rings. The Morgan fingerprint density at radius 2 is 1.69 bits per heavy atom. The Morgan fingerprint density at radius 3 is 2.31 bits per heavy atom. The highest BCUT2D eigenvalue weighted by molar-refractivity contribution is 6.12. The van der Waals surface area contributed by atoms with Gasteiger partial charge in [0, 0.05) is 29.6 Å². The van der Waals surface area contributed by atoms with Crippen LogP contribution in [0.2, 0.25) is 0 Å². The normalized spacial score (nSPS) is 11.2. The van der Waals surface area contributed by atoms with Crippen LogP contribution >= 0.6 is 0 Å². The Morgan fingerprint density at radius 1 is 1.00 bits per heavy atom. The third-order valence-corrected chi connectivity index (χ3v) is 5.73. The molecule has 7 nitrogen and oxygen atoms in total. The Hall–Kier alpha value is -4.80. The summed E-state index contributed by atoms with van der Waals surface area (Å²) >= 11 is 0. The molecule has 2 amide bonds. The highest BCUT2D eigenvalue weighted by atomic mass is 19.4. The molecule has 0 fully saturated rings. The number of hydrogen-bond acceptors (Lipinski definition) is 5. The number of carbonyl (C=O) groups is 2. The van der Waals surface area contributed by atoms with Gasteiger partial charge in [-0.25, -0.2) is 4.39 Å². The predicted molar refractivity (Wildman–Crippen MR) is 136 cm³/mol. The van der Waals surface area contributed by atoms with Crippen molar-refractivity contribution >= 4 is 22.8 Å². The molecule has 4 rings (SSSR count). The van der Waals surface area contributed by atoms with E-state index in [0.717, 1.165) is 0 Å². The fourth-order valence-electron chi connectivity index (χ4n) is 4.01. The van der Waals surface area contributed by atoms with Crippen LogP contribution in [0.3, 0.4) is 0 Å². The van der Waals surface area contributed by atoms with E-state index in [0.29, 0.717) is 11.1 Å². The van der Waals surface area contributed by atoms with Crippen LogP contribution in [-0.4, -0.2) is 38.8 Å². The molecular weight excluding hydrogens is 520 g/mol. The van der Waals surface area contributed by atoms with E-state index in [1.807, 2.05) is 0 Å². The molecular formula is C28H22F4N2O5. The van der Waals surface area contributed by atoms with Crippen LogP contribution in [0.4, 0.5) is 17.6 Å². The maximum Gasteiger partial charge on any atom is 0.422 e. The molecule has 0 atom stereocenters. The molecule has 0 spiro atoms. The minimum Gasteiger partial charge on any atom is -0.496 e. The fraction of sp³-hybridized carbons (Fsp3) is 0.143. The first-order valence-corrected chi connectivity index (χ1v) is 11.4. The molecule has 0 aliphatic carbocycles. The van der Waals surface area contributed by atoms with Crippen molar-refractivity contribution in [3.63, 3.8) is 0 Å². The fourth-order valence-corrected chi connectivity index (χ4v) is 4.01. The number of methoxy groups -OCH3 is 1. The number of carbonyl (C=O) groups excluding carboxylic acids is 2. The highest BCUT2D eigenvalue weighted by Crippen LogP contribution is 2.42. The third kappa shape index (κ3) is 5.71. The lowest BCUT2D eigenvalue weighted by atomic mass is 9.97. The van der Waals surface area contributed by atoms with Gasteiger partial charge in [-0.2, -0.15) is 13.2 Å². The van der Waals surface area contributed by atoms with Crippen molar-refractivity contribution in [3.8, 4) is 33.9 Å². The molecule has 3 aromatic carbocycles. The number of amides is 2. The van der Waals surface area contributed by atoms with Crippen LogP contribution in [0.15, 0.2) is 71.8 Å². The number of fused-ring (bicyclic) bond motifs is 1. The molecule has 0 unspecified atom stereocenters. The van der Waals surface area contributed by atoms with E-state index in [4.69, 9.17) is 13.9 Å². The standard InChI is InChI=1S/C28H22F4N2O5/c1-4-34-26(35)20-11-16(7-10-21(20)37-3)18-12-19-23(13-22(18)38-14-28(30,31)32)39-25(24(19)27(36)33-2)15-5-8-17(29)9-6-15/h4-13H,1,14H2,2-3H3,(H,33,36)(H,34,35). The van der Waals surface area contributed by atoms with Gasteiger partial charge < -0.3 is 24.5 Å².